The first-order chi connectivity index (χ1) is 18.8. The van der Waals surface area contributed by atoms with Gasteiger partial charge in [0.2, 0.25) is 15.9 Å². The number of rotatable bonds is 8. The fourth-order valence-corrected chi connectivity index (χ4v) is 6.83. The van der Waals surface area contributed by atoms with E-state index in [1.165, 1.54) is 22.5 Å². The van der Waals surface area contributed by atoms with Crippen molar-refractivity contribution in [2.75, 3.05) is 30.6 Å². The first-order valence-corrected chi connectivity index (χ1v) is 14.0. The highest BCUT2D eigenvalue weighted by atomic mass is 32.2. The van der Waals surface area contributed by atoms with Crippen molar-refractivity contribution in [2.45, 2.75) is 37.1 Å². The van der Waals surface area contributed by atoms with Crippen molar-refractivity contribution in [3.05, 3.63) is 66.2 Å². The van der Waals surface area contributed by atoms with Crippen LogP contribution in [-0.4, -0.2) is 70.5 Å². The minimum Gasteiger partial charge on any atom is -0.415 e. The summed E-state index contributed by atoms with van der Waals surface area (Å²) >= 11 is 0. The number of alkyl halides is 2. The van der Waals surface area contributed by atoms with Crippen molar-refractivity contribution in [3.8, 4) is 11.5 Å². The molecule has 0 saturated carbocycles. The highest BCUT2D eigenvalue weighted by Crippen LogP contribution is 2.30. The molecule has 0 amide bonds. The molecule has 206 valence electrons. The fourth-order valence-electron chi connectivity index (χ4n) is 4.94. The van der Waals surface area contributed by atoms with Crippen LogP contribution in [0.3, 0.4) is 0 Å². The maximum absolute atomic E-state index is 14.2. The highest BCUT2D eigenvalue weighted by molar-refractivity contribution is 7.93. The summed E-state index contributed by atoms with van der Waals surface area (Å²) in [5, 5.41) is 6.38. The Bertz CT molecular complexity index is 1580. The summed E-state index contributed by atoms with van der Waals surface area (Å²) in [5.41, 5.74) is 1.44. The van der Waals surface area contributed by atoms with E-state index in [-0.39, 0.29) is 18.1 Å². The molecule has 0 spiro atoms. The summed E-state index contributed by atoms with van der Waals surface area (Å²) in [6.45, 7) is 2.52. The molecule has 14 heteroatoms. The molecule has 6 rings (SSSR count). The van der Waals surface area contributed by atoms with Crippen LogP contribution in [0.2, 0.25) is 0 Å². The van der Waals surface area contributed by atoms with E-state index in [0.29, 0.717) is 62.1 Å². The Hall–Kier alpha value is -3.49. The largest absolute Gasteiger partial charge is 0.415 e. The molecule has 0 unspecified atom stereocenters. The van der Waals surface area contributed by atoms with Crippen molar-refractivity contribution in [1.29, 1.82) is 0 Å². The molecule has 1 aromatic carbocycles. The van der Waals surface area contributed by atoms with Crippen LogP contribution < -0.4 is 4.31 Å². The van der Waals surface area contributed by atoms with Gasteiger partial charge in [-0.05, 0) is 56.3 Å². The minimum absolute atomic E-state index is 0.0823. The zero-order chi connectivity index (χ0) is 27.1. The minimum atomic E-state index is -3.87. The Morgan fingerprint density at radius 1 is 1.10 bits per heavy atom. The van der Waals surface area contributed by atoms with Gasteiger partial charge in [-0.1, -0.05) is 6.07 Å². The second-order valence-electron chi connectivity index (χ2n) is 9.62. The van der Waals surface area contributed by atoms with E-state index in [9.17, 15) is 21.6 Å². The quantitative estimate of drug-likeness (QED) is 0.320. The second kappa shape index (κ2) is 10.2. The van der Waals surface area contributed by atoms with E-state index >= 15 is 0 Å². The summed E-state index contributed by atoms with van der Waals surface area (Å²) in [6, 6.07) is 9.01. The van der Waals surface area contributed by atoms with E-state index in [4.69, 9.17) is 9.15 Å². The van der Waals surface area contributed by atoms with Crippen molar-refractivity contribution in [1.82, 2.24) is 24.5 Å². The molecule has 39 heavy (non-hydrogen) atoms. The number of likely N-dealkylation sites (tertiary alicyclic amines) is 1. The topological polar surface area (TPSA) is 106 Å². The molecule has 0 aliphatic carbocycles. The average molecular weight is 563 g/mol. The average Bonchev–Trinajstić information content (AvgIpc) is 3.53. The molecule has 2 aliphatic heterocycles. The monoisotopic (exact) mass is 562 g/mol. The summed E-state index contributed by atoms with van der Waals surface area (Å²) in [5.74, 6) is -1.41. The van der Waals surface area contributed by atoms with Gasteiger partial charge in [-0.25, -0.2) is 17.8 Å². The first-order valence-electron chi connectivity index (χ1n) is 12.5. The van der Waals surface area contributed by atoms with Gasteiger partial charge in [0.15, 0.2) is 0 Å². The number of ether oxygens (including phenoxy) is 1. The Morgan fingerprint density at radius 3 is 2.56 bits per heavy atom. The highest BCUT2D eigenvalue weighted by Gasteiger charge is 2.38. The number of nitrogens with zero attached hydrogens (tertiary/aromatic N) is 6. The van der Waals surface area contributed by atoms with Gasteiger partial charge in [0, 0.05) is 18.0 Å². The van der Waals surface area contributed by atoms with Crippen LogP contribution in [0.1, 0.15) is 30.9 Å². The lowest BCUT2D eigenvalue weighted by Gasteiger charge is -2.42. The van der Waals surface area contributed by atoms with Gasteiger partial charge in [0.05, 0.1) is 42.4 Å². The fraction of sp³-hybridized carbons (Fsp3) is 0.400. The number of hydrogen-bond donors (Lipinski definition) is 0. The number of pyridine rings is 1. The molecule has 0 N–H and O–H groups in total. The van der Waals surface area contributed by atoms with Crippen molar-refractivity contribution >= 4 is 21.4 Å². The number of aromatic nitrogens is 4. The lowest BCUT2D eigenvalue weighted by Crippen LogP contribution is -2.54. The number of anilines is 1. The van der Waals surface area contributed by atoms with E-state index in [1.54, 1.807) is 35.0 Å². The van der Waals surface area contributed by atoms with Crippen molar-refractivity contribution < 1.29 is 30.7 Å². The maximum Gasteiger partial charge on any atom is 0.314 e. The third-order valence-electron chi connectivity index (χ3n) is 7.13. The molecule has 3 aromatic heterocycles. The molecule has 2 saturated heterocycles. The lowest BCUT2D eigenvalue weighted by atomic mass is 10.1. The second-order valence-corrected chi connectivity index (χ2v) is 11.8. The van der Waals surface area contributed by atoms with Gasteiger partial charge in [-0.2, -0.15) is 8.78 Å². The standard InChI is InChI=1S/C25H25F3N6O4S/c26-17-2-1-3-19(11-17)34(39(35,36)21-5-8-32(9-6-21)20-14-37-15-20)13-18-12-33-7-4-16(10-22(33)29-18)24-30-31-25(38-24)23(27)28/h1-4,7,10-12,20-21,23H,5-6,8-9,13-15H2. The first kappa shape index (κ1) is 25.8. The zero-order valence-corrected chi connectivity index (χ0v) is 21.5. The van der Waals surface area contributed by atoms with Crippen molar-refractivity contribution in [3.63, 3.8) is 0 Å². The normalized spacial score (nSPS) is 17.6. The lowest BCUT2D eigenvalue weighted by molar-refractivity contribution is -0.0695. The Labute approximate surface area is 222 Å². The summed E-state index contributed by atoms with van der Waals surface area (Å²) < 4.78 is 80.9. The van der Waals surface area contributed by atoms with Gasteiger partial charge in [-0.15, -0.1) is 10.2 Å². The van der Waals surface area contributed by atoms with Gasteiger partial charge < -0.3 is 13.6 Å². The molecule has 4 aromatic rings. The van der Waals surface area contributed by atoms with E-state index in [2.05, 4.69) is 20.1 Å². The Morgan fingerprint density at radius 2 is 1.90 bits per heavy atom. The smallest absolute Gasteiger partial charge is 0.314 e. The Balaban J connectivity index is 1.28. The van der Waals surface area contributed by atoms with E-state index < -0.39 is 33.4 Å². The van der Waals surface area contributed by atoms with Crippen LogP contribution in [0.4, 0.5) is 18.9 Å². The zero-order valence-electron chi connectivity index (χ0n) is 20.7. The van der Waals surface area contributed by atoms with Crippen LogP contribution in [0, 0.1) is 5.82 Å². The summed E-state index contributed by atoms with van der Waals surface area (Å²) in [7, 11) is -3.87. The van der Waals surface area contributed by atoms with Crippen LogP contribution in [-0.2, 0) is 21.3 Å². The molecule has 5 heterocycles. The van der Waals surface area contributed by atoms with Crippen LogP contribution >= 0.6 is 0 Å². The number of sulfonamides is 1. The van der Waals surface area contributed by atoms with Crippen molar-refractivity contribution in [2.24, 2.45) is 0 Å². The number of fused-ring (bicyclic) bond motifs is 1. The van der Waals surface area contributed by atoms with Gasteiger partial charge >= 0.3 is 6.43 Å². The third kappa shape index (κ3) is 5.11. The molecule has 0 radical (unpaired) electrons. The van der Waals surface area contributed by atoms with Gasteiger partial charge in [-0.3, -0.25) is 9.21 Å². The number of imidazole rings is 1. The molecule has 2 fully saturated rings. The summed E-state index contributed by atoms with van der Waals surface area (Å²) in [4.78, 5) is 6.80. The number of hydrogen-bond acceptors (Lipinski definition) is 8. The van der Waals surface area contributed by atoms with Gasteiger partial charge in [0.1, 0.15) is 11.5 Å². The van der Waals surface area contributed by atoms with Gasteiger partial charge in [0.25, 0.3) is 5.89 Å². The predicted molar refractivity (Wildman–Crippen MR) is 134 cm³/mol. The maximum atomic E-state index is 14.2. The number of halogens is 3. The molecule has 0 atom stereocenters. The van der Waals surface area contributed by atoms with Crippen LogP contribution in [0.25, 0.3) is 17.1 Å². The molecular weight excluding hydrogens is 537 g/mol. The predicted octanol–water partition coefficient (Wildman–Crippen LogP) is 3.66. The van der Waals surface area contributed by atoms with E-state index in [0.717, 1.165) is 0 Å². The van der Waals surface area contributed by atoms with Crippen LogP contribution in [0.15, 0.2) is 53.2 Å². The van der Waals surface area contributed by atoms with Crippen LogP contribution in [0.5, 0.6) is 0 Å². The Kier molecular flexibility index (Phi) is 6.77. The summed E-state index contributed by atoms with van der Waals surface area (Å²) in [6.07, 6.45) is 1.34. The number of piperidine rings is 1. The SMILES string of the molecule is O=S(=O)(C1CCN(C2COC2)CC1)N(Cc1cn2ccc(-c3nnc(C(F)F)o3)cc2n1)c1cccc(F)c1. The molecular formula is C25H25F3N6O4S. The molecule has 2 aliphatic rings. The van der Waals surface area contributed by atoms with E-state index in [1.807, 2.05) is 0 Å². The molecule has 10 nitrogen and oxygen atoms in total. The third-order valence-corrected chi connectivity index (χ3v) is 9.40. The molecule has 0 bridgehead atoms. The number of benzene rings is 1.